The van der Waals surface area contributed by atoms with Crippen LogP contribution in [0, 0.1) is 0 Å². The molecule has 0 aliphatic carbocycles. The second kappa shape index (κ2) is 6.91. The molecule has 0 radical (unpaired) electrons. The van der Waals surface area contributed by atoms with E-state index in [4.69, 9.17) is 0 Å². The van der Waals surface area contributed by atoms with E-state index >= 15 is 0 Å². The van der Waals surface area contributed by atoms with Crippen LogP contribution >= 0.6 is 0 Å². The van der Waals surface area contributed by atoms with Gasteiger partial charge in [-0.1, -0.05) is 6.07 Å². The number of likely N-dealkylation sites (tertiary alicyclic amines) is 1. The summed E-state index contributed by atoms with van der Waals surface area (Å²) in [7, 11) is 0. The SMILES string of the molecule is O=C(Nc1cccc(NC(=O)N2CCCC2)c1)c1ccncc1. The molecule has 0 atom stereocenters. The van der Waals surface area contributed by atoms with Crippen LogP contribution in [-0.4, -0.2) is 34.9 Å². The average molecular weight is 310 g/mol. The Kier molecular flexibility index (Phi) is 4.52. The van der Waals surface area contributed by atoms with E-state index in [1.54, 1.807) is 53.7 Å². The van der Waals surface area contributed by atoms with Gasteiger partial charge < -0.3 is 15.5 Å². The van der Waals surface area contributed by atoms with Gasteiger partial charge in [0.1, 0.15) is 0 Å². The van der Waals surface area contributed by atoms with Crippen LogP contribution in [-0.2, 0) is 0 Å². The molecule has 1 fully saturated rings. The summed E-state index contributed by atoms with van der Waals surface area (Å²) < 4.78 is 0. The van der Waals surface area contributed by atoms with Crippen LogP contribution in [0.5, 0.6) is 0 Å². The van der Waals surface area contributed by atoms with Crippen LogP contribution in [0.4, 0.5) is 16.2 Å². The van der Waals surface area contributed by atoms with Crippen molar-refractivity contribution in [3.63, 3.8) is 0 Å². The predicted octanol–water partition coefficient (Wildman–Crippen LogP) is 2.96. The van der Waals surface area contributed by atoms with E-state index in [1.165, 1.54) is 0 Å². The second-order valence-corrected chi connectivity index (χ2v) is 5.40. The third kappa shape index (κ3) is 3.85. The molecule has 1 aliphatic rings. The highest BCUT2D eigenvalue weighted by atomic mass is 16.2. The van der Waals surface area contributed by atoms with Gasteiger partial charge in [-0.05, 0) is 43.2 Å². The topological polar surface area (TPSA) is 74.3 Å². The fourth-order valence-electron chi connectivity index (χ4n) is 2.50. The molecule has 118 valence electrons. The Morgan fingerprint density at radius 2 is 1.61 bits per heavy atom. The van der Waals surface area contributed by atoms with Gasteiger partial charge in [0.15, 0.2) is 0 Å². The van der Waals surface area contributed by atoms with Crippen LogP contribution < -0.4 is 10.6 Å². The first kappa shape index (κ1) is 15.0. The van der Waals surface area contributed by atoms with Crippen LogP contribution in [0.25, 0.3) is 0 Å². The van der Waals surface area contributed by atoms with Crippen molar-refractivity contribution in [2.75, 3.05) is 23.7 Å². The molecule has 23 heavy (non-hydrogen) atoms. The smallest absolute Gasteiger partial charge is 0.321 e. The summed E-state index contributed by atoms with van der Waals surface area (Å²) >= 11 is 0. The van der Waals surface area contributed by atoms with E-state index in [2.05, 4.69) is 15.6 Å². The van der Waals surface area contributed by atoms with Crippen molar-refractivity contribution in [3.05, 3.63) is 54.4 Å². The maximum absolute atomic E-state index is 12.1. The van der Waals surface area contributed by atoms with Gasteiger partial charge >= 0.3 is 6.03 Å². The van der Waals surface area contributed by atoms with Crippen molar-refractivity contribution in [2.24, 2.45) is 0 Å². The van der Waals surface area contributed by atoms with E-state index in [-0.39, 0.29) is 11.9 Å². The van der Waals surface area contributed by atoms with Crippen LogP contribution in [0.15, 0.2) is 48.8 Å². The molecular weight excluding hydrogens is 292 g/mol. The highest BCUT2D eigenvalue weighted by Crippen LogP contribution is 2.17. The molecule has 2 N–H and O–H groups in total. The number of nitrogens with one attached hydrogen (secondary N) is 2. The molecule has 6 heteroatoms. The zero-order valence-electron chi connectivity index (χ0n) is 12.7. The first-order valence-corrected chi connectivity index (χ1v) is 7.60. The first-order valence-electron chi connectivity index (χ1n) is 7.60. The third-order valence-electron chi connectivity index (χ3n) is 3.71. The van der Waals surface area contributed by atoms with Crippen LogP contribution in [0.3, 0.4) is 0 Å². The quantitative estimate of drug-likeness (QED) is 0.915. The molecule has 2 aromatic rings. The van der Waals surface area contributed by atoms with Crippen molar-refractivity contribution < 1.29 is 9.59 Å². The van der Waals surface area contributed by atoms with Crippen molar-refractivity contribution in [1.29, 1.82) is 0 Å². The van der Waals surface area contributed by atoms with Crippen molar-refractivity contribution in [2.45, 2.75) is 12.8 Å². The monoisotopic (exact) mass is 310 g/mol. The Morgan fingerprint density at radius 3 is 2.30 bits per heavy atom. The number of rotatable bonds is 3. The van der Waals surface area contributed by atoms with Gasteiger partial charge in [0.05, 0.1) is 0 Å². The molecular formula is C17H18N4O2. The van der Waals surface area contributed by atoms with Gasteiger partial charge in [0.2, 0.25) is 0 Å². The lowest BCUT2D eigenvalue weighted by molar-refractivity contribution is 0.102. The molecule has 6 nitrogen and oxygen atoms in total. The Balaban J connectivity index is 1.65. The normalized spacial score (nSPS) is 13.7. The number of carbonyl (C=O) groups excluding carboxylic acids is 2. The zero-order chi connectivity index (χ0) is 16.1. The summed E-state index contributed by atoms with van der Waals surface area (Å²) in [4.78, 5) is 29.9. The van der Waals surface area contributed by atoms with Crippen molar-refractivity contribution >= 4 is 23.3 Å². The Labute approximate surface area is 134 Å². The minimum absolute atomic E-state index is 0.0971. The molecule has 1 saturated heterocycles. The summed E-state index contributed by atoms with van der Waals surface area (Å²) in [5, 5.41) is 5.67. The highest BCUT2D eigenvalue weighted by molar-refractivity contribution is 6.04. The second-order valence-electron chi connectivity index (χ2n) is 5.40. The molecule has 0 bridgehead atoms. The number of hydrogen-bond donors (Lipinski definition) is 2. The van der Waals surface area contributed by atoms with Gasteiger partial charge in [-0.25, -0.2) is 4.79 Å². The van der Waals surface area contributed by atoms with E-state index in [1.807, 2.05) is 0 Å². The maximum atomic E-state index is 12.1. The van der Waals surface area contributed by atoms with Crippen LogP contribution in [0.1, 0.15) is 23.2 Å². The standard InChI is InChI=1S/C17H18N4O2/c22-16(13-6-8-18-9-7-13)19-14-4-3-5-15(12-14)20-17(23)21-10-1-2-11-21/h3-9,12H,1-2,10-11H2,(H,19,22)(H,20,23). The minimum atomic E-state index is -0.213. The Bertz CT molecular complexity index is 697. The maximum Gasteiger partial charge on any atom is 0.321 e. The summed E-state index contributed by atoms with van der Waals surface area (Å²) in [6, 6.07) is 10.3. The number of anilines is 2. The van der Waals surface area contributed by atoms with E-state index in [0.717, 1.165) is 25.9 Å². The highest BCUT2D eigenvalue weighted by Gasteiger charge is 2.17. The largest absolute Gasteiger partial charge is 0.325 e. The van der Waals surface area contributed by atoms with E-state index in [0.29, 0.717) is 16.9 Å². The summed E-state index contributed by atoms with van der Waals surface area (Å²) in [6.45, 7) is 1.59. The molecule has 0 spiro atoms. The molecule has 1 aromatic heterocycles. The Hall–Kier alpha value is -2.89. The summed E-state index contributed by atoms with van der Waals surface area (Å²) in [6.07, 6.45) is 5.24. The number of hydrogen-bond acceptors (Lipinski definition) is 3. The first-order chi connectivity index (χ1) is 11.2. The van der Waals surface area contributed by atoms with Gasteiger partial charge in [-0.15, -0.1) is 0 Å². The lowest BCUT2D eigenvalue weighted by atomic mass is 10.2. The number of aromatic nitrogens is 1. The molecule has 0 saturated carbocycles. The minimum Gasteiger partial charge on any atom is -0.325 e. The predicted molar refractivity (Wildman–Crippen MR) is 88.5 cm³/mol. The molecule has 1 aliphatic heterocycles. The number of benzene rings is 1. The fraction of sp³-hybridized carbons (Fsp3) is 0.235. The van der Waals surface area contributed by atoms with E-state index < -0.39 is 0 Å². The molecule has 3 amide bonds. The number of nitrogens with zero attached hydrogens (tertiary/aromatic N) is 2. The molecule has 2 heterocycles. The number of urea groups is 1. The molecule has 1 aromatic carbocycles. The van der Waals surface area contributed by atoms with Gasteiger partial charge in [-0.2, -0.15) is 0 Å². The average Bonchev–Trinajstić information content (AvgIpc) is 3.10. The van der Waals surface area contributed by atoms with Gasteiger partial charge in [0.25, 0.3) is 5.91 Å². The molecule has 3 rings (SSSR count). The van der Waals surface area contributed by atoms with Crippen LogP contribution in [0.2, 0.25) is 0 Å². The Morgan fingerprint density at radius 1 is 0.957 bits per heavy atom. The number of amides is 3. The fourth-order valence-corrected chi connectivity index (χ4v) is 2.50. The van der Waals surface area contributed by atoms with Crippen molar-refractivity contribution in [1.82, 2.24) is 9.88 Å². The van der Waals surface area contributed by atoms with E-state index in [9.17, 15) is 9.59 Å². The lowest BCUT2D eigenvalue weighted by Gasteiger charge is -2.16. The van der Waals surface area contributed by atoms with Crippen molar-refractivity contribution in [3.8, 4) is 0 Å². The third-order valence-corrected chi connectivity index (χ3v) is 3.71. The summed E-state index contributed by atoms with van der Waals surface area (Å²) in [5.74, 6) is -0.213. The van der Waals surface area contributed by atoms with Gasteiger partial charge in [-0.3, -0.25) is 9.78 Å². The zero-order valence-corrected chi connectivity index (χ0v) is 12.7. The lowest BCUT2D eigenvalue weighted by Crippen LogP contribution is -2.32. The molecule has 0 unspecified atom stereocenters. The number of carbonyl (C=O) groups is 2. The summed E-state index contributed by atoms with van der Waals surface area (Å²) in [5.41, 5.74) is 1.83. The number of pyridine rings is 1. The van der Waals surface area contributed by atoms with Gasteiger partial charge in [0, 0.05) is 42.4 Å².